The van der Waals surface area contributed by atoms with Crippen molar-refractivity contribution in [1.82, 2.24) is 9.88 Å². The molecule has 1 aliphatic rings. The number of hydrogen-bond donors (Lipinski definition) is 1. The minimum atomic E-state index is 0.255. The van der Waals surface area contributed by atoms with Crippen LogP contribution in [0.3, 0.4) is 0 Å². The van der Waals surface area contributed by atoms with Gasteiger partial charge in [0.05, 0.1) is 6.61 Å². The summed E-state index contributed by atoms with van der Waals surface area (Å²) in [6.45, 7) is 4.83. The van der Waals surface area contributed by atoms with E-state index >= 15 is 0 Å². The van der Waals surface area contributed by atoms with Crippen molar-refractivity contribution in [3.63, 3.8) is 0 Å². The monoisotopic (exact) mass is 285 g/mol. The first-order chi connectivity index (χ1) is 9.24. The highest BCUT2D eigenvalue weighted by Crippen LogP contribution is 2.29. The van der Waals surface area contributed by atoms with E-state index in [1.807, 2.05) is 11.6 Å². The fraction of sp³-hybridized carbons (Fsp3) is 0.769. The van der Waals surface area contributed by atoms with Crippen molar-refractivity contribution in [2.24, 2.45) is 11.8 Å². The Kier molecular flexibility index (Phi) is 5.57. The molecule has 19 heavy (non-hydrogen) atoms. The first kappa shape index (κ1) is 14.7. The largest absolute Gasteiger partial charge is 0.396 e. The number of aliphatic hydroxyl groups excluding tert-OH is 1. The second-order valence-corrected chi connectivity index (χ2v) is 6.05. The van der Waals surface area contributed by atoms with Crippen LogP contribution in [0.4, 0.5) is 5.13 Å². The Bertz CT molecular complexity index is 361. The molecule has 0 saturated carbocycles. The smallest absolute Gasteiger partial charge is 0.185 e. The van der Waals surface area contributed by atoms with Gasteiger partial charge in [0.15, 0.2) is 5.13 Å². The summed E-state index contributed by atoms with van der Waals surface area (Å²) in [5.41, 5.74) is 0. The summed E-state index contributed by atoms with van der Waals surface area (Å²) in [6.07, 6.45) is 1.84. The van der Waals surface area contributed by atoms with Gasteiger partial charge in [0.25, 0.3) is 0 Å². The molecule has 0 aromatic carbocycles. The number of methoxy groups -OCH3 is 1. The van der Waals surface area contributed by atoms with Gasteiger partial charge < -0.3 is 19.6 Å². The molecule has 0 bridgehead atoms. The molecule has 1 saturated heterocycles. The lowest BCUT2D eigenvalue weighted by atomic mass is 9.96. The summed E-state index contributed by atoms with van der Waals surface area (Å²) in [4.78, 5) is 8.93. The first-order valence-corrected chi connectivity index (χ1v) is 7.55. The first-order valence-electron chi connectivity index (χ1n) is 6.67. The SMILES string of the molecule is COCCN(C)C[C@@H]1CN(c2nccs2)C[C@@H]1CO. The van der Waals surface area contributed by atoms with Crippen molar-refractivity contribution in [3.05, 3.63) is 11.6 Å². The highest BCUT2D eigenvalue weighted by atomic mass is 32.1. The van der Waals surface area contributed by atoms with Gasteiger partial charge in [-0.05, 0) is 13.0 Å². The highest BCUT2D eigenvalue weighted by molar-refractivity contribution is 7.13. The number of likely N-dealkylation sites (N-methyl/N-ethyl adjacent to an activating group) is 1. The molecular formula is C13H23N3O2S. The Morgan fingerprint density at radius 1 is 1.53 bits per heavy atom. The van der Waals surface area contributed by atoms with Gasteiger partial charge in [0.1, 0.15) is 0 Å². The van der Waals surface area contributed by atoms with Gasteiger partial charge in [-0.15, -0.1) is 11.3 Å². The van der Waals surface area contributed by atoms with Crippen LogP contribution in [0.25, 0.3) is 0 Å². The normalized spacial score (nSPS) is 23.5. The van der Waals surface area contributed by atoms with E-state index in [1.54, 1.807) is 18.4 Å². The molecule has 0 aliphatic carbocycles. The Balaban J connectivity index is 1.89. The average molecular weight is 285 g/mol. The fourth-order valence-electron chi connectivity index (χ4n) is 2.62. The van der Waals surface area contributed by atoms with Gasteiger partial charge in [0.2, 0.25) is 0 Å². The van der Waals surface area contributed by atoms with Crippen LogP contribution in [0, 0.1) is 11.8 Å². The maximum absolute atomic E-state index is 9.55. The van der Waals surface area contributed by atoms with Crippen LogP contribution in [0.15, 0.2) is 11.6 Å². The van der Waals surface area contributed by atoms with E-state index in [-0.39, 0.29) is 6.61 Å². The molecule has 5 nitrogen and oxygen atoms in total. The number of anilines is 1. The van der Waals surface area contributed by atoms with Gasteiger partial charge >= 0.3 is 0 Å². The molecule has 1 aromatic rings. The summed E-state index contributed by atoms with van der Waals surface area (Å²) in [5.74, 6) is 0.838. The minimum Gasteiger partial charge on any atom is -0.396 e. The van der Waals surface area contributed by atoms with E-state index in [0.29, 0.717) is 11.8 Å². The highest BCUT2D eigenvalue weighted by Gasteiger charge is 2.33. The van der Waals surface area contributed by atoms with E-state index in [0.717, 1.165) is 37.9 Å². The molecule has 1 fully saturated rings. The maximum atomic E-state index is 9.55. The van der Waals surface area contributed by atoms with Crippen LogP contribution in [0.2, 0.25) is 0 Å². The van der Waals surface area contributed by atoms with Crippen LogP contribution in [0.5, 0.6) is 0 Å². The predicted octanol–water partition coefficient (Wildman–Crippen LogP) is 0.766. The molecule has 2 heterocycles. The van der Waals surface area contributed by atoms with Crippen LogP contribution in [0.1, 0.15) is 0 Å². The number of aromatic nitrogens is 1. The Hall–Kier alpha value is -0.690. The van der Waals surface area contributed by atoms with Crippen molar-refractivity contribution < 1.29 is 9.84 Å². The van der Waals surface area contributed by atoms with Crippen molar-refractivity contribution in [2.75, 3.05) is 58.5 Å². The van der Waals surface area contributed by atoms with E-state index in [1.165, 1.54) is 0 Å². The average Bonchev–Trinajstić information content (AvgIpc) is 3.04. The molecule has 0 spiro atoms. The van der Waals surface area contributed by atoms with Gasteiger partial charge in [-0.25, -0.2) is 4.98 Å². The predicted molar refractivity (Wildman–Crippen MR) is 77.8 cm³/mol. The van der Waals surface area contributed by atoms with Gasteiger partial charge in [-0.2, -0.15) is 0 Å². The van der Waals surface area contributed by atoms with Crippen molar-refractivity contribution >= 4 is 16.5 Å². The third-order valence-electron chi connectivity index (χ3n) is 3.72. The van der Waals surface area contributed by atoms with Gasteiger partial charge in [0, 0.05) is 57.4 Å². The zero-order valence-corrected chi connectivity index (χ0v) is 12.5. The van der Waals surface area contributed by atoms with E-state index < -0.39 is 0 Å². The molecule has 6 heteroatoms. The van der Waals surface area contributed by atoms with Crippen molar-refractivity contribution in [1.29, 1.82) is 0 Å². The summed E-state index contributed by atoms with van der Waals surface area (Å²) in [5, 5.41) is 12.6. The summed E-state index contributed by atoms with van der Waals surface area (Å²) < 4.78 is 5.10. The minimum absolute atomic E-state index is 0.255. The maximum Gasteiger partial charge on any atom is 0.185 e. The number of rotatable bonds is 7. The molecule has 1 N–H and O–H groups in total. The Morgan fingerprint density at radius 3 is 2.95 bits per heavy atom. The second kappa shape index (κ2) is 7.19. The lowest BCUT2D eigenvalue weighted by molar-refractivity contribution is 0.136. The number of thiazole rings is 1. The Morgan fingerprint density at radius 2 is 2.32 bits per heavy atom. The summed E-state index contributed by atoms with van der Waals surface area (Å²) in [7, 11) is 3.84. The summed E-state index contributed by atoms with van der Waals surface area (Å²) in [6, 6.07) is 0. The summed E-state index contributed by atoms with van der Waals surface area (Å²) >= 11 is 1.67. The molecule has 1 aliphatic heterocycles. The third-order valence-corrected chi connectivity index (χ3v) is 4.56. The zero-order chi connectivity index (χ0) is 13.7. The molecule has 2 atom stereocenters. The molecule has 2 rings (SSSR count). The number of ether oxygens (including phenoxy) is 1. The van der Waals surface area contributed by atoms with Gasteiger partial charge in [-0.1, -0.05) is 0 Å². The molecule has 1 aromatic heterocycles. The van der Waals surface area contributed by atoms with Crippen molar-refractivity contribution in [2.45, 2.75) is 0 Å². The number of aliphatic hydroxyl groups is 1. The molecule has 0 unspecified atom stereocenters. The third kappa shape index (κ3) is 3.89. The molecule has 108 valence electrons. The van der Waals surface area contributed by atoms with E-state index in [9.17, 15) is 5.11 Å². The molecule has 0 amide bonds. The topological polar surface area (TPSA) is 48.8 Å². The lowest BCUT2D eigenvalue weighted by Gasteiger charge is -2.23. The fourth-order valence-corrected chi connectivity index (χ4v) is 3.28. The van der Waals surface area contributed by atoms with E-state index in [4.69, 9.17) is 4.74 Å². The van der Waals surface area contributed by atoms with E-state index in [2.05, 4.69) is 21.8 Å². The quantitative estimate of drug-likeness (QED) is 0.802. The molecule has 0 radical (unpaired) electrons. The van der Waals surface area contributed by atoms with Crippen molar-refractivity contribution in [3.8, 4) is 0 Å². The number of nitrogens with zero attached hydrogens (tertiary/aromatic N) is 3. The second-order valence-electron chi connectivity index (χ2n) is 5.18. The Labute approximate surface area is 118 Å². The van der Waals surface area contributed by atoms with Crippen LogP contribution in [-0.4, -0.2) is 68.5 Å². The zero-order valence-electron chi connectivity index (χ0n) is 11.7. The standard InChI is InChI=1S/C13H23N3O2S/c1-15(4-5-18-2)7-11-8-16(9-12(11)10-17)13-14-3-6-19-13/h3,6,11-12,17H,4-5,7-10H2,1-2H3/t11-,12-/m1/s1. The van der Waals surface area contributed by atoms with Crippen LogP contribution in [-0.2, 0) is 4.74 Å². The lowest BCUT2D eigenvalue weighted by Crippen LogP contribution is -2.33. The molecular weight excluding hydrogens is 262 g/mol. The van der Waals surface area contributed by atoms with Crippen LogP contribution >= 0.6 is 11.3 Å². The van der Waals surface area contributed by atoms with Crippen LogP contribution < -0.4 is 4.90 Å². The van der Waals surface area contributed by atoms with Gasteiger partial charge in [-0.3, -0.25) is 0 Å². The number of hydrogen-bond acceptors (Lipinski definition) is 6.